The summed E-state index contributed by atoms with van der Waals surface area (Å²) in [5.41, 5.74) is 5.12. The summed E-state index contributed by atoms with van der Waals surface area (Å²) >= 11 is 0. The fourth-order valence-corrected chi connectivity index (χ4v) is 4.26. The fourth-order valence-electron chi connectivity index (χ4n) is 4.26. The van der Waals surface area contributed by atoms with Gasteiger partial charge in [-0.25, -0.2) is 0 Å². The van der Waals surface area contributed by atoms with E-state index in [2.05, 4.69) is 20.4 Å². The normalized spacial score (nSPS) is 16.7. The molecule has 3 aromatic rings. The highest BCUT2D eigenvalue weighted by Crippen LogP contribution is 2.40. The molecule has 5 nitrogen and oxygen atoms in total. The predicted molar refractivity (Wildman–Crippen MR) is 104 cm³/mol. The number of likely N-dealkylation sites (tertiary alicyclic amines) is 1. The topological polar surface area (TPSA) is 61.0 Å². The molecular formula is C21H22N4O. The van der Waals surface area contributed by atoms with Crippen LogP contribution in [0.3, 0.4) is 0 Å². The summed E-state index contributed by atoms with van der Waals surface area (Å²) < 4.78 is 0. The molecule has 2 N–H and O–H groups in total. The van der Waals surface area contributed by atoms with Crippen molar-refractivity contribution in [2.24, 2.45) is 0 Å². The van der Waals surface area contributed by atoms with Crippen LogP contribution in [0, 0.1) is 0 Å². The van der Waals surface area contributed by atoms with Crippen LogP contribution < -0.4 is 5.32 Å². The average Bonchev–Trinajstić information content (AvgIpc) is 3.12. The Hall–Kier alpha value is -2.66. The minimum Gasteiger partial charge on any atom is -0.383 e. The summed E-state index contributed by atoms with van der Waals surface area (Å²) in [6.07, 6.45) is 3.94. The number of fused-ring (bicyclic) bond motifs is 2. The van der Waals surface area contributed by atoms with Gasteiger partial charge in [0.25, 0.3) is 0 Å². The van der Waals surface area contributed by atoms with Gasteiger partial charge >= 0.3 is 0 Å². The van der Waals surface area contributed by atoms with Crippen molar-refractivity contribution in [1.29, 1.82) is 0 Å². The lowest BCUT2D eigenvalue weighted by molar-refractivity contribution is 0.104. The number of H-pyrrole nitrogens is 1. The monoisotopic (exact) mass is 346 g/mol. The van der Waals surface area contributed by atoms with Gasteiger partial charge in [0.05, 0.1) is 11.1 Å². The second kappa shape index (κ2) is 6.25. The van der Waals surface area contributed by atoms with E-state index in [1.807, 2.05) is 36.4 Å². The molecule has 0 atom stereocenters. The molecule has 1 aliphatic carbocycles. The van der Waals surface area contributed by atoms with Crippen molar-refractivity contribution in [1.82, 2.24) is 15.1 Å². The first-order valence-corrected chi connectivity index (χ1v) is 9.44. The molecule has 2 aromatic carbocycles. The number of piperidine rings is 1. The van der Waals surface area contributed by atoms with E-state index >= 15 is 0 Å². The Labute approximate surface area is 152 Å². The Kier molecular flexibility index (Phi) is 3.75. The number of rotatable bonds is 4. The molecule has 26 heavy (non-hydrogen) atoms. The van der Waals surface area contributed by atoms with Gasteiger partial charge in [-0.15, -0.1) is 0 Å². The molecular weight excluding hydrogens is 324 g/mol. The van der Waals surface area contributed by atoms with E-state index in [-0.39, 0.29) is 5.78 Å². The summed E-state index contributed by atoms with van der Waals surface area (Å²) in [6.45, 7) is 4.24. The number of hydrogen-bond acceptors (Lipinski definition) is 4. The number of carbonyl (C=O) groups excluding carboxylic acids is 1. The van der Waals surface area contributed by atoms with E-state index in [9.17, 15) is 4.79 Å². The van der Waals surface area contributed by atoms with Crippen molar-refractivity contribution < 1.29 is 4.79 Å². The first-order valence-electron chi connectivity index (χ1n) is 9.44. The number of carbonyl (C=O) groups is 1. The molecule has 5 rings (SSSR count). The van der Waals surface area contributed by atoms with Gasteiger partial charge in [0.1, 0.15) is 5.69 Å². The number of benzene rings is 2. The summed E-state index contributed by atoms with van der Waals surface area (Å²) in [5.74, 6) is 0.0839. The zero-order valence-corrected chi connectivity index (χ0v) is 14.7. The Morgan fingerprint density at radius 2 is 1.85 bits per heavy atom. The molecule has 132 valence electrons. The molecule has 0 radical (unpaired) electrons. The van der Waals surface area contributed by atoms with E-state index in [0.29, 0.717) is 0 Å². The Morgan fingerprint density at radius 3 is 2.73 bits per heavy atom. The second-order valence-corrected chi connectivity index (χ2v) is 7.19. The van der Waals surface area contributed by atoms with Crippen molar-refractivity contribution in [3.63, 3.8) is 0 Å². The Bertz CT molecular complexity index is 985. The zero-order chi connectivity index (χ0) is 17.5. The molecule has 0 unspecified atom stereocenters. The number of nitrogens with zero attached hydrogens (tertiary/aromatic N) is 2. The van der Waals surface area contributed by atoms with Gasteiger partial charge < -0.3 is 10.2 Å². The lowest BCUT2D eigenvalue weighted by Crippen LogP contribution is -2.33. The van der Waals surface area contributed by atoms with Crippen molar-refractivity contribution in [2.75, 3.05) is 31.5 Å². The lowest BCUT2D eigenvalue weighted by atomic mass is 9.86. The maximum atomic E-state index is 13.2. The van der Waals surface area contributed by atoms with Gasteiger partial charge in [-0.1, -0.05) is 30.7 Å². The van der Waals surface area contributed by atoms with Crippen molar-refractivity contribution in [3.05, 3.63) is 47.5 Å². The Balaban J connectivity index is 1.47. The molecule has 5 heteroatoms. The SMILES string of the molecule is O=C1c2c(NCCN3CCCCC3)cccc2-c2n[nH]c3cccc1c23. The smallest absolute Gasteiger partial charge is 0.196 e. The minimum atomic E-state index is 0.0839. The highest BCUT2D eigenvalue weighted by molar-refractivity contribution is 6.27. The van der Waals surface area contributed by atoms with Crippen molar-refractivity contribution in [2.45, 2.75) is 19.3 Å². The molecule has 2 aliphatic rings. The molecule has 0 spiro atoms. The molecule has 1 aromatic heterocycles. The van der Waals surface area contributed by atoms with Crippen LogP contribution in [-0.4, -0.2) is 47.1 Å². The molecule has 0 amide bonds. The minimum absolute atomic E-state index is 0.0839. The molecule has 1 fully saturated rings. The number of nitrogens with one attached hydrogen (secondary N) is 2. The first kappa shape index (κ1) is 15.6. The quantitative estimate of drug-likeness (QED) is 0.592. The third-order valence-corrected chi connectivity index (χ3v) is 5.57. The van der Waals surface area contributed by atoms with Crippen LogP contribution in [-0.2, 0) is 0 Å². The second-order valence-electron chi connectivity index (χ2n) is 7.19. The number of anilines is 1. The van der Waals surface area contributed by atoms with Gasteiger partial charge in [0, 0.05) is 35.3 Å². The Morgan fingerprint density at radius 1 is 1.04 bits per heavy atom. The number of aromatic nitrogens is 2. The predicted octanol–water partition coefficient (Wildman–Crippen LogP) is 3.67. The van der Waals surface area contributed by atoms with E-state index in [4.69, 9.17) is 0 Å². The van der Waals surface area contributed by atoms with Crippen LogP contribution >= 0.6 is 0 Å². The number of hydrogen-bond donors (Lipinski definition) is 2. The lowest BCUT2D eigenvalue weighted by Gasteiger charge is -2.27. The van der Waals surface area contributed by atoms with Gasteiger partial charge in [0.15, 0.2) is 5.78 Å². The van der Waals surface area contributed by atoms with Gasteiger partial charge in [-0.05, 0) is 38.1 Å². The standard InChI is InChI=1S/C21H22N4O/c26-21-15-7-5-9-17-18(15)20(24-23-17)14-6-4-8-16(19(14)21)22-10-13-25-11-2-1-3-12-25/h4-9,22H,1-3,10-13H2,(H,23,24). The molecule has 0 bridgehead atoms. The van der Waals surface area contributed by atoms with Crippen LogP contribution in [0.4, 0.5) is 5.69 Å². The van der Waals surface area contributed by atoms with Crippen molar-refractivity contribution in [3.8, 4) is 11.3 Å². The van der Waals surface area contributed by atoms with E-state index in [1.54, 1.807) is 0 Å². The van der Waals surface area contributed by atoms with E-state index in [0.717, 1.165) is 52.1 Å². The summed E-state index contributed by atoms with van der Waals surface area (Å²) in [7, 11) is 0. The first-order chi connectivity index (χ1) is 12.8. The third kappa shape index (κ3) is 2.42. The summed E-state index contributed by atoms with van der Waals surface area (Å²) in [6, 6.07) is 11.8. The van der Waals surface area contributed by atoms with Crippen LogP contribution in [0.25, 0.3) is 22.2 Å². The largest absolute Gasteiger partial charge is 0.383 e. The number of ketones is 1. The maximum Gasteiger partial charge on any atom is 0.196 e. The van der Waals surface area contributed by atoms with Crippen LogP contribution in [0.2, 0.25) is 0 Å². The highest BCUT2D eigenvalue weighted by atomic mass is 16.1. The van der Waals surface area contributed by atoms with Gasteiger partial charge in [-0.3, -0.25) is 9.89 Å². The van der Waals surface area contributed by atoms with E-state index in [1.165, 1.54) is 32.4 Å². The molecule has 1 aliphatic heterocycles. The third-order valence-electron chi connectivity index (χ3n) is 5.57. The average molecular weight is 346 g/mol. The van der Waals surface area contributed by atoms with E-state index < -0.39 is 0 Å². The van der Waals surface area contributed by atoms with Gasteiger partial charge in [-0.2, -0.15) is 5.10 Å². The fraction of sp³-hybridized carbons (Fsp3) is 0.333. The summed E-state index contributed by atoms with van der Waals surface area (Å²) in [5, 5.41) is 12.0. The van der Waals surface area contributed by atoms with Crippen LogP contribution in [0.5, 0.6) is 0 Å². The molecule has 2 heterocycles. The van der Waals surface area contributed by atoms with Gasteiger partial charge in [0.2, 0.25) is 0 Å². The molecule has 0 saturated carbocycles. The molecule has 1 saturated heterocycles. The zero-order valence-electron chi connectivity index (χ0n) is 14.7. The van der Waals surface area contributed by atoms with Crippen LogP contribution in [0.1, 0.15) is 35.2 Å². The number of aromatic amines is 1. The summed E-state index contributed by atoms with van der Waals surface area (Å²) in [4.78, 5) is 15.7. The maximum absolute atomic E-state index is 13.2. The van der Waals surface area contributed by atoms with Crippen LogP contribution in [0.15, 0.2) is 36.4 Å². The van der Waals surface area contributed by atoms with Crippen molar-refractivity contribution >= 4 is 22.4 Å². The highest BCUT2D eigenvalue weighted by Gasteiger charge is 2.29.